The Kier molecular flexibility index (Phi) is 5.04. The Morgan fingerprint density at radius 1 is 1.28 bits per heavy atom. The molecule has 100 valence electrons. The molecule has 3 nitrogen and oxygen atoms in total. The van der Waals surface area contributed by atoms with Crippen LogP contribution in [0, 0.1) is 0 Å². The van der Waals surface area contributed by atoms with Gasteiger partial charge in [0.25, 0.3) is 0 Å². The van der Waals surface area contributed by atoms with E-state index in [0.29, 0.717) is 6.04 Å². The van der Waals surface area contributed by atoms with E-state index in [4.69, 9.17) is 0 Å². The van der Waals surface area contributed by atoms with E-state index < -0.39 is 0 Å². The number of nitrogens with zero attached hydrogens (tertiary/aromatic N) is 3. The molecule has 1 fully saturated rings. The molecule has 18 heavy (non-hydrogen) atoms. The highest BCUT2D eigenvalue weighted by molar-refractivity contribution is 9.11. The summed E-state index contributed by atoms with van der Waals surface area (Å²) in [6, 6.07) is 2.75. The first-order valence-corrected chi connectivity index (χ1v) is 8.00. The Morgan fingerprint density at radius 2 is 1.94 bits per heavy atom. The fourth-order valence-corrected chi connectivity index (χ4v) is 3.51. The average Bonchev–Trinajstić information content (AvgIpc) is 2.38. The SMILES string of the molecule is CCC(C)N1CCN(c2ncc(Br)cc2Br)CC1. The second-order valence-electron chi connectivity index (χ2n) is 4.74. The summed E-state index contributed by atoms with van der Waals surface area (Å²) in [5.41, 5.74) is 0. The summed E-state index contributed by atoms with van der Waals surface area (Å²) in [5.74, 6) is 1.06. The second kappa shape index (κ2) is 6.35. The lowest BCUT2D eigenvalue weighted by Crippen LogP contribution is -2.49. The van der Waals surface area contributed by atoms with E-state index in [1.165, 1.54) is 6.42 Å². The van der Waals surface area contributed by atoms with Crippen LogP contribution in [0.1, 0.15) is 20.3 Å². The standard InChI is InChI=1S/C13H19Br2N3/c1-3-10(2)17-4-6-18(7-5-17)13-12(15)8-11(14)9-16-13/h8-10H,3-7H2,1-2H3. The van der Waals surface area contributed by atoms with Crippen LogP contribution in [0.5, 0.6) is 0 Å². The number of rotatable bonds is 3. The van der Waals surface area contributed by atoms with Gasteiger partial charge < -0.3 is 4.90 Å². The summed E-state index contributed by atoms with van der Waals surface area (Å²) >= 11 is 7.03. The van der Waals surface area contributed by atoms with Gasteiger partial charge in [0.2, 0.25) is 0 Å². The van der Waals surface area contributed by atoms with Crippen LogP contribution in [0.2, 0.25) is 0 Å². The van der Waals surface area contributed by atoms with Crippen LogP contribution < -0.4 is 4.90 Å². The summed E-state index contributed by atoms with van der Waals surface area (Å²) in [6.45, 7) is 8.92. The number of piperazine rings is 1. The lowest BCUT2D eigenvalue weighted by Gasteiger charge is -2.38. The van der Waals surface area contributed by atoms with E-state index in [2.05, 4.69) is 66.6 Å². The number of halogens is 2. The first kappa shape index (κ1) is 14.3. The summed E-state index contributed by atoms with van der Waals surface area (Å²) < 4.78 is 2.07. The predicted octanol–water partition coefficient (Wildman–Crippen LogP) is 3.53. The topological polar surface area (TPSA) is 19.4 Å². The maximum Gasteiger partial charge on any atom is 0.143 e. The molecule has 0 spiro atoms. The highest BCUT2D eigenvalue weighted by Crippen LogP contribution is 2.27. The molecule has 1 aliphatic rings. The molecule has 1 aliphatic heterocycles. The highest BCUT2D eigenvalue weighted by Gasteiger charge is 2.22. The average molecular weight is 377 g/mol. The molecule has 0 aromatic carbocycles. The molecular formula is C13H19Br2N3. The Labute approximate surface area is 126 Å². The smallest absolute Gasteiger partial charge is 0.143 e. The van der Waals surface area contributed by atoms with Gasteiger partial charge in [0.05, 0.1) is 4.47 Å². The van der Waals surface area contributed by atoms with Crippen molar-refractivity contribution in [2.75, 3.05) is 31.1 Å². The Morgan fingerprint density at radius 3 is 2.50 bits per heavy atom. The van der Waals surface area contributed by atoms with Crippen molar-refractivity contribution in [2.45, 2.75) is 26.3 Å². The highest BCUT2D eigenvalue weighted by atomic mass is 79.9. The van der Waals surface area contributed by atoms with E-state index in [9.17, 15) is 0 Å². The van der Waals surface area contributed by atoms with Crippen molar-refractivity contribution >= 4 is 37.7 Å². The van der Waals surface area contributed by atoms with E-state index in [-0.39, 0.29) is 0 Å². The van der Waals surface area contributed by atoms with Crippen molar-refractivity contribution < 1.29 is 0 Å². The lowest BCUT2D eigenvalue weighted by molar-refractivity contribution is 0.192. The molecule has 5 heteroatoms. The molecule has 0 amide bonds. The van der Waals surface area contributed by atoms with Gasteiger partial charge in [-0.05, 0) is 51.3 Å². The molecule has 1 aromatic rings. The van der Waals surface area contributed by atoms with Crippen LogP contribution in [0.15, 0.2) is 21.2 Å². The predicted molar refractivity (Wildman–Crippen MR) is 83.2 cm³/mol. The molecule has 2 rings (SSSR count). The molecular weight excluding hydrogens is 358 g/mol. The van der Waals surface area contributed by atoms with Crippen molar-refractivity contribution in [1.82, 2.24) is 9.88 Å². The van der Waals surface area contributed by atoms with E-state index in [1.54, 1.807) is 0 Å². The molecule has 0 aliphatic carbocycles. The minimum absolute atomic E-state index is 0.688. The maximum atomic E-state index is 4.51. The zero-order chi connectivity index (χ0) is 13.1. The van der Waals surface area contributed by atoms with Gasteiger partial charge in [-0.2, -0.15) is 0 Å². The third kappa shape index (κ3) is 3.25. The maximum absolute atomic E-state index is 4.51. The molecule has 1 atom stereocenters. The minimum Gasteiger partial charge on any atom is -0.353 e. The third-order valence-electron chi connectivity index (χ3n) is 3.62. The molecule has 0 saturated carbocycles. The van der Waals surface area contributed by atoms with Crippen LogP contribution in [0.3, 0.4) is 0 Å². The second-order valence-corrected chi connectivity index (χ2v) is 6.51. The van der Waals surface area contributed by atoms with Gasteiger partial charge in [0.15, 0.2) is 0 Å². The molecule has 0 bridgehead atoms. The van der Waals surface area contributed by atoms with E-state index in [1.807, 2.05) is 6.20 Å². The zero-order valence-electron chi connectivity index (χ0n) is 10.9. The normalized spacial score (nSPS) is 19.0. The molecule has 2 heterocycles. The number of aromatic nitrogens is 1. The molecule has 0 radical (unpaired) electrons. The Bertz CT molecular complexity index is 403. The Hall–Kier alpha value is -0.130. The van der Waals surface area contributed by atoms with E-state index in [0.717, 1.165) is 40.9 Å². The fraction of sp³-hybridized carbons (Fsp3) is 0.615. The summed E-state index contributed by atoms with van der Waals surface area (Å²) in [4.78, 5) is 9.42. The minimum atomic E-state index is 0.688. The van der Waals surface area contributed by atoms with Crippen LogP contribution in [0.4, 0.5) is 5.82 Å². The van der Waals surface area contributed by atoms with Crippen LogP contribution in [-0.4, -0.2) is 42.1 Å². The number of pyridine rings is 1. The van der Waals surface area contributed by atoms with Crippen molar-refractivity contribution in [3.63, 3.8) is 0 Å². The van der Waals surface area contributed by atoms with Crippen LogP contribution in [-0.2, 0) is 0 Å². The first-order chi connectivity index (χ1) is 8.61. The number of hydrogen-bond donors (Lipinski definition) is 0. The van der Waals surface area contributed by atoms with Gasteiger partial charge in [-0.3, -0.25) is 4.90 Å². The van der Waals surface area contributed by atoms with Gasteiger partial charge in [-0.15, -0.1) is 0 Å². The van der Waals surface area contributed by atoms with Crippen molar-refractivity contribution in [3.8, 4) is 0 Å². The molecule has 1 unspecified atom stereocenters. The van der Waals surface area contributed by atoms with Gasteiger partial charge in [-0.25, -0.2) is 4.98 Å². The monoisotopic (exact) mass is 375 g/mol. The molecule has 0 N–H and O–H groups in total. The molecule has 1 aromatic heterocycles. The number of anilines is 1. The van der Waals surface area contributed by atoms with Gasteiger partial charge in [-0.1, -0.05) is 6.92 Å². The summed E-state index contributed by atoms with van der Waals surface area (Å²) in [6.07, 6.45) is 3.08. The summed E-state index contributed by atoms with van der Waals surface area (Å²) in [7, 11) is 0. The van der Waals surface area contributed by atoms with Gasteiger partial charge >= 0.3 is 0 Å². The largest absolute Gasteiger partial charge is 0.353 e. The lowest BCUT2D eigenvalue weighted by atomic mass is 10.2. The fourth-order valence-electron chi connectivity index (χ4n) is 2.27. The van der Waals surface area contributed by atoms with Gasteiger partial charge in [0.1, 0.15) is 5.82 Å². The number of hydrogen-bond acceptors (Lipinski definition) is 3. The molecule has 1 saturated heterocycles. The van der Waals surface area contributed by atoms with Crippen LogP contribution in [0.25, 0.3) is 0 Å². The first-order valence-electron chi connectivity index (χ1n) is 6.42. The van der Waals surface area contributed by atoms with Crippen molar-refractivity contribution in [3.05, 3.63) is 21.2 Å². The van der Waals surface area contributed by atoms with Crippen molar-refractivity contribution in [1.29, 1.82) is 0 Å². The van der Waals surface area contributed by atoms with Gasteiger partial charge in [0, 0.05) is 42.9 Å². The quantitative estimate of drug-likeness (QED) is 0.804. The zero-order valence-corrected chi connectivity index (χ0v) is 14.0. The third-order valence-corrected chi connectivity index (χ3v) is 4.63. The van der Waals surface area contributed by atoms with E-state index >= 15 is 0 Å². The Balaban J connectivity index is 2.01. The van der Waals surface area contributed by atoms with Crippen LogP contribution >= 0.6 is 31.9 Å². The van der Waals surface area contributed by atoms with Crippen molar-refractivity contribution in [2.24, 2.45) is 0 Å². The summed E-state index contributed by atoms with van der Waals surface area (Å²) in [5, 5.41) is 0.